The van der Waals surface area contributed by atoms with Crippen molar-refractivity contribution in [2.45, 2.75) is 38.3 Å². The molecule has 1 fully saturated rings. The lowest BCUT2D eigenvalue weighted by atomic mass is 9.91. The smallest absolute Gasteiger partial charge is 0.216 e. The van der Waals surface area contributed by atoms with Gasteiger partial charge in [-0.05, 0) is 50.7 Å². The van der Waals surface area contributed by atoms with Gasteiger partial charge in [-0.1, -0.05) is 30.3 Å². The molecule has 4 rings (SSSR count). The highest BCUT2D eigenvalue weighted by Crippen LogP contribution is 2.25. The summed E-state index contributed by atoms with van der Waals surface area (Å²) in [6.45, 7) is 4.72. The number of aromatic nitrogens is 4. The molecular formula is C19H23N5O2S. The second-order valence-electron chi connectivity index (χ2n) is 7.18. The highest BCUT2D eigenvalue weighted by Gasteiger charge is 2.32. The summed E-state index contributed by atoms with van der Waals surface area (Å²) < 4.78 is 28.9. The molecule has 27 heavy (non-hydrogen) atoms. The lowest BCUT2D eigenvalue weighted by Gasteiger charge is -2.30. The van der Waals surface area contributed by atoms with Gasteiger partial charge in [-0.25, -0.2) is 17.9 Å². The molecule has 3 heterocycles. The van der Waals surface area contributed by atoms with Crippen LogP contribution in [0.2, 0.25) is 0 Å². The molecule has 8 heteroatoms. The number of nitrogens with zero attached hydrogens (tertiary/aromatic N) is 5. The minimum Gasteiger partial charge on any atom is -0.216 e. The SMILES string of the molecule is Cc1cc(C)n2nc(S(=O)(=O)N3CCC(Cc4ccccc4)CC3)nc2n1. The quantitative estimate of drug-likeness (QED) is 0.689. The molecule has 1 aliphatic rings. The molecule has 0 saturated carbocycles. The largest absolute Gasteiger partial charge is 0.284 e. The Kier molecular flexibility index (Phi) is 4.69. The van der Waals surface area contributed by atoms with E-state index in [9.17, 15) is 8.42 Å². The Morgan fingerprint density at radius 1 is 1.07 bits per heavy atom. The van der Waals surface area contributed by atoms with Gasteiger partial charge in [-0.3, -0.25) is 0 Å². The van der Waals surface area contributed by atoms with Crippen LogP contribution >= 0.6 is 0 Å². The van der Waals surface area contributed by atoms with Crippen LogP contribution in [0.3, 0.4) is 0 Å². The number of piperidine rings is 1. The first-order chi connectivity index (χ1) is 12.9. The van der Waals surface area contributed by atoms with Gasteiger partial charge < -0.3 is 0 Å². The maximum absolute atomic E-state index is 13.0. The van der Waals surface area contributed by atoms with Crippen molar-refractivity contribution in [2.24, 2.45) is 5.92 Å². The Hall–Kier alpha value is -2.32. The number of fused-ring (bicyclic) bond motifs is 1. The van der Waals surface area contributed by atoms with E-state index in [0.29, 0.717) is 24.8 Å². The maximum atomic E-state index is 13.0. The number of rotatable bonds is 4. The summed E-state index contributed by atoms with van der Waals surface area (Å²) in [5.41, 5.74) is 2.91. The van der Waals surface area contributed by atoms with Crippen LogP contribution in [0.4, 0.5) is 0 Å². The van der Waals surface area contributed by atoms with Crippen molar-refractivity contribution in [3.05, 3.63) is 53.3 Å². The number of hydrogen-bond acceptors (Lipinski definition) is 5. The van der Waals surface area contributed by atoms with Crippen molar-refractivity contribution in [3.8, 4) is 0 Å². The third-order valence-corrected chi connectivity index (χ3v) is 6.79. The van der Waals surface area contributed by atoms with E-state index in [1.54, 1.807) is 0 Å². The van der Waals surface area contributed by atoms with Crippen molar-refractivity contribution < 1.29 is 8.42 Å². The Bertz CT molecular complexity index is 1050. The Morgan fingerprint density at radius 3 is 2.48 bits per heavy atom. The van der Waals surface area contributed by atoms with Gasteiger partial charge in [-0.15, -0.1) is 5.10 Å². The van der Waals surface area contributed by atoms with Gasteiger partial charge in [0, 0.05) is 24.5 Å². The predicted octanol–water partition coefficient (Wildman–Crippen LogP) is 2.38. The third-order valence-electron chi connectivity index (χ3n) is 5.11. The van der Waals surface area contributed by atoms with E-state index in [1.165, 1.54) is 14.4 Å². The van der Waals surface area contributed by atoms with Gasteiger partial charge in [-0.2, -0.15) is 9.29 Å². The van der Waals surface area contributed by atoms with Crippen molar-refractivity contribution >= 4 is 15.8 Å². The van der Waals surface area contributed by atoms with E-state index in [-0.39, 0.29) is 5.16 Å². The van der Waals surface area contributed by atoms with Crippen molar-refractivity contribution in [1.29, 1.82) is 0 Å². The summed E-state index contributed by atoms with van der Waals surface area (Å²) in [6.07, 6.45) is 2.68. The normalized spacial score (nSPS) is 16.8. The minimum absolute atomic E-state index is 0.162. The molecule has 0 bridgehead atoms. The maximum Gasteiger partial charge on any atom is 0.284 e. The molecule has 0 radical (unpaired) electrons. The number of sulfonamides is 1. The molecule has 1 saturated heterocycles. The summed E-state index contributed by atoms with van der Waals surface area (Å²) >= 11 is 0. The van der Waals surface area contributed by atoms with E-state index in [4.69, 9.17) is 0 Å². The lowest BCUT2D eigenvalue weighted by molar-refractivity contribution is 0.271. The second kappa shape index (κ2) is 7.01. The second-order valence-corrected chi connectivity index (χ2v) is 9.01. The topological polar surface area (TPSA) is 80.5 Å². The zero-order valence-corrected chi connectivity index (χ0v) is 16.4. The zero-order valence-electron chi connectivity index (χ0n) is 15.5. The van der Waals surface area contributed by atoms with E-state index in [1.807, 2.05) is 38.1 Å². The minimum atomic E-state index is -3.70. The van der Waals surface area contributed by atoms with Crippen molar-refractivity contribution in [2.75, 3.05) is 13.1 Å². The average Bonchev–Trinajstić information content (AvgIpc) is 3.08. The van der Waals surface area contributed by atoms with Crippen LogP contribution in [0, 0.1) is 19.8 Å². The van der Waals surface area contributed by atoms with Crippen LogP contribution in [0.1, 0.15) is 29.8 Å². The Balaban J connectivity index is 1.49. The molecule has 0 atom stereocenters. The van der Waals surface area contributed by atoms with Crippen LogP contribution < -0.4 is 0 Å². The first-order valence-electron chi connectivity index (χ1n) is 9.18. The third kappa shape index (κ3) is 3.59. The molecule has 0 spiro atoms. The molecule has 1 aromatic carbocycles. The van der Waals surface area contributed by atoms with E-state index in [2.05, 4.69) is 27.2 Å². The van der Waals surface area contributed by atoms with Gasteiger partial charge in [0.2, 0.25) is 0 Å². The molecule has 2 aromatic heterocycles. The van der Waals surface area contributed by atoms with Gasteiger partial charge in [0.1, 0.15) is 0 Å². The fourth-order valence-electron chi connectivity index (χ4n) is 3.67. The van der Waals surface area contributed by atoms with E-state index >= 15 is 0 Å². The van der Waals surface area contributed by atoms with Gasteiger partial charge in [0.25, 0.3) is 21.0 Å². The summed E-state index contributed by atoms with van der Waals surface area (Å²) in [5, 5.41) is 4.04. The highest BCUT2D eigenvalue weighted by molar-refractivity contribution is 7.88. The Morgan fingerprint density at radius 2 is 1.78 bits per heavy atom. The molecule has 3 aromatic rings. The fourth-order valence-corrected chi connectivity index (χ4v) is 4.98. The zero-order chi connectivity index (χ0) is 19.0. The summed E-state index contributed by atoms with van der Waals surface area (Å²) in [4.78, 5) is 8.46. The van der Waals surface area contributed by atoms with Crippen molar-refractivity contribution in [3.63, 3.8) is 0 Å². The predicted molar refractivity (Wildman–Crippen MR) is 102 cm³/mol. The van der Waals surface area contributed by atoms with Crippen LogP contribution in [-0.2, 0) is 16.4 Å². The molecule has 142 valence electrons. The lowest BCUT2D eigenvalue weighted by Crippen LogP contribution is -2.39. The van der Waals surface area contributed by atoms with E-state index < -0.39 is 10.0 Å². The first-order valence-corrected chi connectivity index (χ1v) is 10.6. The number of hydrogen-bond donors (Lipinski definition) is 0. The molecule has 0 unspecified atom stereocenters. The van der Waals surface area contributed by atoms with Gasteiger partial charge in [0.15, 0.2) is 0 Å². The van der Waals surface area contributed by atoms with E-state index in [0.717, 1.165) is 30.7 Å². The van der Waals surface area contributed by atoms with Gasteiger partial charge in [0.05, 0.1) is 0 Å². The number of aryl methyl sites for hydroxylation is 2. The standard InChI is InChI=1S/C19H23N5O2S/c1-14-12-15(2)24-18(20-14)21-19(22-24)27(25,26)23-10-8-17(9-11-23)13-16-6-4-3-5-7-16/h3-7,12,17H,8-11,13H2,1-2H3. The van der Waals surface area contributed by atoms with Crippen LogP contribution in [-0.4, -0.2) is 45.4 Å². The molecule has 0 N–H and O–H groups in total. The monoisotopic (exact) mass is 385 g/mol. The molecule has 0 amide bonds. The average molecular weight is 385 g/mol. The summed E-state index contributed by atoms with van der Waals surface area (Å²) in [7, 11) is -3.70. The fraction of sp³-hybridized carbons (Fsp3) is 0.421. The van der Waals surface area contributed by atoms with Gasteiger partial charge >= 0.3 is 0 Å². The van der Waals surface area contributed by atoms with Crippen LogP contribution in [0.5, 0.6) is 0 Å². The molecule has 7 nitrogen and oxygen atoms in total. The summed E-state index contributed by atoms with van der Waals surface area (Å²) in [5.74, 6) is 0.824. The highest BCUT2D eigenvalue weighted by atomic mass is 32.2. The van der Waals surface area contributed by atoms with Crippen molar-refractivity contribution in [1.82, 2.24) is 23.9 Å². The molecular weight excluding hydrogens is 362 g/mol. The molecule has 0 aliphatic carbocycles. The number of benzene rings is 1. The van der Waals surface area contributed by atoms with Crippen LogP contribution in [0.25, 0.3) is 5.78 Å². The Labute approximate surface area is 159 Å². The molecule has 1 aliphatic heterocycles. The summed E-state index contributed by atoms with van der Waals surface area (Å²) in [6, 6.07) is 12.2. The van der Waals surface area contributed by atoms with Crippen LogP contribution in [0.15, 0.2) is 41.6 Å². The first kappa shape index (κ1) is 18.1.